The van der Waals surface area contributed by atoms with Gasteiger partial charge in [0, 0.05) is 25.0 Å². The third-order valence-electron chi connectivity index (χ3n) is 3.35. The fraction of sp³-hybridized carbons (Fsp3) is 1.00. The van der Waals surface area contributed by atoms with Gasteiger partial charge in [-0.15, -0.1) is 0 Å². The smallest absolute Gasteiger partial charge is 0.0633 e. The summed E-state index contributed by atoms with van der Waals surface area (Å²) in [6, 6.07) is 0. The Hall–Kier alpha value is -0.120. The zero-order chi connectivity index (χ0) is 8.60. The Kier molecular flexibility index (Phi) is 2.10. The molecule has 0 aromatic carbocycles. The summed E-state index contributed by atoms with van der Waals surface area (Å²) in [5.74, 6) is 0. The minimum atomic E-state index is -0.0799. The molecule has 2 unspecified atom stereocenters. The van der Waals surface area contributed by atoms with E-state index in [1.807, 2.05) is 0 Å². The maximum absolute atomic E-state index is 9.91. The Balaban J connectivity index is 2.09. The molecule has 0 bridgehead atoms. The number of piperidine rings is 1. The summed E-state index contributed by atoms with van der Waals surface area (Å²) in [6.07, 6.45) is 2.00. The highest BCUT2D eigenvalue weighted by Crippen LogP contribution is 2.35. The number of nitrogens with one attached hydrogen (secondary N) is 1. The molecule has 1 spiro atoms. The van der Waals surface area contributed by atoms with Crippen LogP contribution in [0.4, 0.5) is 0 Å². The lowest BCUT2D eigenvalue weighted by Gasteiger charge is -2.42. The van der Waals surface area contributed by atoms with Crippen LogP contribution in [0.2, 0.25) is 0 Å². The van der Waals surface area contributed by atoms with Crippen LogP contribution >= 0.6 is 0 Å². The molecule has 0 amide bonds. The van der Waals surface area contributed by atoms with Crippen LogP contribution in [0.3, 0.4) is 0 Å². The Morgan fingerprint density at radius 1 is 1.58 bits per heavy atom. The monoisotopic (exact) mass is 170 g/mol. The quantitative estimate of drug-likeness (QED) is 0.522. The van der Waals surface area contributed by atoms with Gasteiger partial charge in [-0.2, -0.15) is 0 Å². The minimum Gasteiger partial charge on any atom is -0.392 e. The van der Waals surface area contributed by atoms with Crippen molar-refractivity contribution < 1.29 is 5.11 Å². The van der Waals surface area contributed by atoms with Crippen molar-refractivity contribution >= 4 is 0 Å². The topological polar surface area (TPSA) is 35.5 Å². The van der Waals surface area contributed by atoms with E-state index in [-0.39, 0.29) is 11.5 Å². The summed E-state index contributed by atoms with van der Waals surface area (Å²) >= 11 is 0. The summed E-state index contributed by atoms with van der Waals surface area (Å²) in [4.78, 5) is 2.33. The molecule has 0 aromatic rings. The van der Waals surface area contributed by atoms with Crippen molar-refractivity contribution in [3.63, 3.8) is 0 Å². The number of aliphatic hydroxyl groups is 1. The van der Waals surface area contributed by atoms with Crippen LogP contribution in [0.1, 0.15) is 12.8 Å². The molecular formula is C9H18N2O. The van der Waals surface area contributed by atoms with Crippen molar-refractivity contribution in [1.82, 2.24) is 10.2 Å². The predicted octanol–water partition coefficient (Wildman–Crippen LogP) is -0.337. The van der Waals surface area contributed by atoms with E-state index in [1.54, 1.807) is 0 Å². The van der Waals surface area contributed by atoms with Gasteiger partial charge in [-0.3, -0.25) is 0 Å². The molecule has 2 saturated heterocycles. The number of aliphatic hydroxyl groups excluding tert-OH is 1. The standard InChI is InChI=1S/C9H18N2O/c1-11-5-2-8(12)9(7-11)3-4-10-6-9/h8,10,12H,2-7H2,1H3. The second-order valence-corrected chi connectivity index (χ2v) is 4.33. The zero-order valence-corrected chi connectivity index (χ0v) is 7.71. The highest BCUT2D eigenvalue weighted by molar-refractivity contribution is 4.98. The van der Waals surface area contributed by atoms with Crippen molar-refractivity contribution in [2.75, 3.05) is 33.2 Å². The van der Waals surface area contributed by atoms with Crippen molar-refractivity contribution in [2.24, 2.45) is 5.41 Å². The molecular weight excluding hydrogens is 152 g/mol. The van der Waals surface area contributed by atoms with Gasteiger partial charge in [0.05, 0.1) is 6.10 Å². The lowest BCUT2D eigenvalue weighted by Crippen LogP contribution is -2.51. The Bertz CT molecular complexity index is 166. The summed E-state index contributed by atoms with van der Waals surface area (Å²) < 4.78 is 0. The number of nitrogens with zero attached hydrogens (tertiary/aromatic N) is 1. The normalized spacial score (nSPS) is 44.0. The maximum atomic E-state index is 9.91. The van der Waals surface area contributed by atoms with Gasteiger partial charge < -0.3 is 15.3 Å². The van der Waals surface area contributed by atoms with Gasteiger partial charge in [0.15, 0.2) is 0 Å². The molecule has 2 atom stereocenters. The van der Waals surface area contributed by atoms with E-state index >= 15 is 0 Å². The molecule has 2 aliphatic rings. The number of hydrogen-bond acceptors (Lipinski definition) is 3. The predicted molar refractivity (Wildman–Crippen MR) is 48.0 cm³/mol. The first-order valence-electron chi connectivity index (χ1n) is 4.80. The summed E-state index contributed by atoms with van der Waals surface area (Å²) in [7, 11) is 2.14. The van der Waals surface area contributed by atoms with Gasteiger partial charge in [-0.25, -0.2) is 0 Å². The van der Waals surface area contributed by atoms with Gasteiger partial charge in [0.2, 0.25) is 0 Å². The second-order valence-electron chi connectivity index (χ2n) is 4.33. The molecule has 2 N–H and O–H groups in total. The summed E-state index contributed by atoms with van der Waals surface area (Å²) in [5.41, 5.74) is 0.174. The van der Waals surface area contributed by atoms with Crippen molar-refractivity contribution in [1.29, 1.82) is 0 Å². The van der Waals surface area contributed by atoms with Crippen LogP contribution in [-0.4, -0.2) is 49.3 Å². The van der Waals surface area contributed by atoms with E-state index in [4.69, 9.17) is 0 Å². The molecule has 2 aliphatic heterocycles. The molecule has 2 rings (SSSR count). The second kappa shape index (κ2) is 2.98. The molecule has 0 radical (unpaired) electrons. The molecule has 2 fully saturated rings. The van der Waals surface area contributed by atoms with Crippen molar-refractivity contribution in [3.05, 3.63) is 0 Å². The summed E-state index contributed by atoms with van der Waals surface area (Å²) in [6.45, 7) is 4.17. The molecule has 0 aromatic heterocycles. The first-order chi connectivity index (χ1) is 5.73. The van der Waals surface area contributed by atoms with Crippen LogP contribution < -0.4 is 5.32 Å². The van der Waals surface area contributed by atoms with E-state index < -0.39 is 0 Å². The number of hydrogen-bond donors (Lipinski definition) is 2. The third-order valence-corrected chi connectivity index (χ3v) is 3.35. The highest BCUT2D eigenvalue weighted by atomic mass is 16.3. The van der Waals surface area contributed by atoms with Gasteiger partial charge >= 0.3 is 0 Å². The molecule has 3 nitrogen and oxygen atoms in total. The molecule has 0 aliphatic carbocycles. The first-order valence-corrected chi connectivity index (χ1v) is 4.80. The highest BCUT2D eigenvalue weighted by Gasteiger charge is 2.43. The number of rotatable bonds is 0. The van der Waals surface area contributed by atoms with Crippen LogP contribution in [0.15, 0.2) is 0 Å². The first kappa shape index (κ1) is 8.48. The van der Waals surface area contributed by atoms with Crippen LogP contribution in [-0.2, 0) is 0 Å². The third kappa shape index (κ3) is 1.26. The minimum absolute atomic E-state index is 0.0799. The summed E-state index contributed by atoms with van der Waals surface area (Å²) in [5, 5.41) is 13.3. The van der Waals surface area contributed by atoms with E-state index in [0.29, 0.717) is 0 Å². The molecule has 3 heteroatoms. The lowest BCUT2D eigenvalue weighted by atomic mass is 9.77. The largest absolute Gasteiger partial charge is 0.392 e. The lowest BCUT2D eigenvalue weighted by molar-refractivity contribution is -0.0267. The van der Waals surface area contributed by atoms with E-state index in [1.165, 1.54) is 0 Å². The van der Waals surface area contributed by atoms with E-state index in [2.05, 4.69) is 17.3 Å². The molecule has 70 valence electrons. The fourth-order valence-electron chi connectivity index (χ4n) is 2.55. The van der Waals surface area contributed by atoms with E-state index in [9.17, 15) is 5.11 Å². The maximum Gasteiger partial charge on any atom is 0.0633 e. The molecule has 2 heterocycles. The average molecular weight is 170 g/mol. The van der Waals surface area contributed by atoms with Crippen molar-refractivity contribution in [2.45, 2.75) is 18.9 Å². The van der Waals surface area contributed by atoms with Crippen LogP contribution in [0.25, 0.3) is 0 Å². The van der Waals surface area contributed by atoms with Crippen molar-refractivity contribution in [3.8, 4) is 0 Å². The fourth-order valence-corrected chi connectivity index (χ4v) is 2.55. The zero-order valence-electron chi connectivity index (χ0n) is 7.71. The number of likely N-dealkylation sites (tertiary alicyclic amines) is 1. The van der Waals surface area contributed by atoms with Crippen LogP contribution in [0, 0.1) is 5.41 Å². The van der Waals surface area contributed by atoms with Gasteiger partial charge in [0.25, 0.3) is 0 Å². The SMILES string of the molecule is CN1CCC(O)C2(CCNC2)C1. The Labute approximate surface area is 73.8 Å². The molecule has 0 saturated carbocycles. The Morgan fingerprint density at radius 3 is 3.08 bits per heavy atom. The Morgan fingerprint density at radius 2 is 2.42 bits per heavy atom. The average Bonchev–Trinajstić information content (AvgIpc) is 2.48. The van der Waals surface area contributed by atoms with Crippen LogP contribution in [0.5, 0.6) is 0 Å². The molecule has 12 heavy (non-hydrogen) atoms. The van der Waals surface area contributed by atoms with Gasteiger partial charge in [-0.05, 0) is 26.4 Å². The van der Waals surface area contributed by atoms with Gasteiger partial charge in [-0.1, -0.05) is 0 Å². The van der Waals surface area contributed by atoms with E-state index in [0.717, 1.165) is 39.0 Å². The van der Waals surface area contributed by atoms with Gasteiger partial charge in [0.1, 0.15) is 0 Å².